The molecule has 88 valence electrons. The van der Waals surface area contributed by atoms with E-state index in [1.807, 2.05) is 26.0 Å². The van der Waals surface area contributed by atoms with Gasteiger partial charge in [0.2, 0.25) is 0 Å². The Morgan fingerprint density at radius 1 is 1.35 bits per heavy atom. The molecule has 1 heterocycles. The molecule has 0 saturated carbocycles. The van der Waals surface area contributed by atoms with Crippen molar-refractivity contribution in [3.05, 3.63) is 40.0 Å². The zero-order chi connectivity index (χ0) is 12.6. The zero-order valence-electron chi connectivity index (χ0n) is 9.62. The van der Waals surface area contributed by atoms with E-state index in [-0.39, 0.29) is 6.42 Å². The number of pyridine rings is 1. The van der Waals surface area contributed by atoms with Gasteiger partial charge in [-0.2, -0.15) is 0 Å². The van der Waals surface area contributed by atoms with Crippen LogP contribution < -0.4 is 0 Å². The average Bonchev–Trinajstić information content (AvgIpc) is 2.19. The Morgan fingerprint density at radius 2 is 2.06 bits per heavy atom. The van der Waals surface area contributed by atoms with E-state index in [9.17, 15) is 4.79 Å². The van der Waals surface area contributed by atoms with Gasteiger partial charge in [-0.25, -0.2) is 0 Å². The van der Waals surface area contributed by atoms with Crippen molar-refractivity contribution in [2.24, 2.45) is 0 Å². The Kier molecular flexibility index (Phi) is 3.03. The van der Waals surface area contributed by atoms with E-state index in [1.165, 1.54) is 0 Å². The third kappa shape index (κ3) is 2.39. The number of nitrogens with zero attached hydrogens (tertiary/aromatic N) is 1. The lowest BCUT2D eigenvalue weighted by Gasteiger charge is -2.08. The number of hydrogen-bond donors (Lipinski definition) is 1. The molecule has 0 radical (unpaired) electrons. The van der Waals surface area contributed by atoms with Gasteiger partial charge in [0.05, 0.1) is 11.9 Å². The maximum absolute atomic E-state index is 10.8. The summed E-state index contributed by atoms with van der Waals surface area (Å²) in [4.78, 5) is 15.2. The van der Waals surface area contributed by atoms with Crippen LogP contribution in [0.2, 0.25) is 5.02 Å². The molecule has 0 saturated heterocycles. The number of hydrogen-bond acceptors (Lipinski definition) is 2. The van der Waals surface area contributed by atoms with Gasteiger partial charge in [-0.05, 0) is 43.2 Å². The first-order valence-electron chi connectivity index (χ1n) is 5.25. The molecule has 0 aliphatic carbocycles. The highest BCUT2D eigenvalue weighted by atomic mass is 35.5. The molecule has 3 nitrogen and oxygen atoms in total. The van der Waals surface area contributed by atoms with E-state index in [1.54, 1.807) is 6.07 Å². The number of rotatable bonds is 2. The lowest BCUT2D eigenvalue weighted by Crippen LogP contribution is -2.02. The predicted molar refractivity (Wildman–Crippen MR) is 67.6 cm³/mol. The Labute approximate surface area is 104 Å². The van der Waals surface area contributed by atoms with Gasteiger partial charge < -0.3 is 5.11 Å². The van der Waals surface area contributed by atoms with E-state index < -0.39 is 5.97 Å². The predicted octanol–water partition coefficient (Wildman–Crippen LogP) is 3.13. The lowest BCUT2D eigenvalue weighted by atomic mass is 10.0. The van der Waals surface area contributed by atoms with Gasteiger partial charge >= 0.3 is 5.97 Å². The first-order valence-corrected chi connectivity index (χ1v) is 5.63. The van der Waals surface area contributed by atoms with Gasteiger partial charge in [0.1, 0.15) is 0 Å². The first-order chi connectivity index (χ1) is 7.97. The monoisotopic (exact) mass is 249 g/mol. The molecule has 4 heteroatoms. The number of benzene rings is 1. The Bertz CT molecular complexity index is 608. The summed E-state index contributed by atoms with van der Waals surface area (Å²) >= 11 is 6.00. The smallest absolute Gasteiger partial charge is 0.307 e. The van der Waals surface area contributed by atoms with Crippen LogP contribution in [-0.2, 0) is 11.2 Å². The fraction of sp³-hybridized carbons (Fsp3) is 0.231. The Morgan fingerprint density at radius 3 is 2.71 bits per heavy atom. The van der Waals surface area contributed by atoms with E-state index >= 15 is 0 Å². The van der Waals surface area contributed by atoms with Crippen molar-refractivity contribution in [2.45, 2.75) is 20.3 Å². The largest absolute Gasteiger partial charge is 0.481 e. The minimum Gasteiger partial charge on any atom is -0.481 e. The van der Waals surface area contributed by atoms with Gasteiger partial charge in [0.25, 0.3) is 0 Å². The molecule has 0 aliphatic rings. The summed E-state index contributed by atoms with van der Waals surface area (Å²) in [5, 5.41) is 10.3. The molecule has 2 aromatic rings. The zero-order valence-corrected chi connectivity index (χ0v) is 10.4. The summed E-state index contributed by atoms with van der Waals surface area (Å²) in [7, 11) is 0. The number of carboxylic acids is 1. The van der Waals surface area contributed by atoms with Crippen LogP contribution in [0, 0.1) is 13.8 Å². The minimum atomic E-state index is -0.880. The summed E-state index contributed by atoms with van der Waals surface area (Å²) in [6, 6.07) is 5.46. The van der Waals surface area contributed by atoms with Crippen LogP contribution in [0.25, 0.3) is 10.9 Å². The molecule has 0 bridgehead atoms. The molecule has 1 aromatic carbocycles. The molecule has 0 aliphatic heterocycles. The van der Waals surface area contributed by atoms with Crippen LogP contribution in [-0.4, -0.2) is 16.1 Å². The van der Waals surface area contributed by atoms with Gasteiger partial charge in [0, 0.05) is 16.1 Å². The second kappa shape index (κ2) is 4.34. The van der Waals surface area contributed by atoms with E-state index in [4.69, 9.17) is 16.7 Å². The molecule has 0 spiro atoms. The number of halogens is 1. The quantitative estimate of drug-likeness (QED) is 0.890. The maximum atomic E-state index is 10.8. The number of aromatic nitrogens is 1. The minimum absolute atomic E-state index is 0.0625. The Hall–Kier alpha value is -1.61. The van der Waals surface area contributed by atoms with Crippen molar-refractivity contribution >= 4 is 28.5 Å². The SMILES string of the molecule is Cc1cc(C)c2cc(Cl)cc(CC(=O)O)c2n1. The summed E-state index contributed by atoms with van der Waals surface area (Å²) in [5.74, 6) is -0.880. The standard InChI is InChI=1S/C13H12ClNO2/c1-7-3-8(2)15-13-9(5-12(16)17)4-10(14)6-11(7)13/h3-4,6H,5H2,1-2H3,(H,16,17). The molecule has 17 heavy (non-hydrogen) atoms. The van der Waals surface area contributed by atoms with Crippen molar-refractivity contribution < 1.29 is 9.90 Å². The van der Waals surface area contributed by atoms with E-state index in [0.717, 1.165) is 22.2 Å². The number of aliphatic carboxylic acids is 1. The summed E-state index contributed by atoms with van der Waals surface area (Å²) in [5.41, 5.74) is 3.33. The molecule has 0 amide bonds. The number of aryl methyl sites for hydroxylation is 2. The van der Waals surface area contributed by atoms with Crippen LogP contribution in [0.5, 0.6) is 0 Å². The maximum Gasteiger partial charge on any atom is 0.307 e. The molecule has 2 rings (SSSR count). The fourth-order valence-corrected chi connectivity index (χ4v) is 2.23. The molecule has 0 fully saturated rings. The fourth-order valence-electron chi connectivity index (χ4n) is 1.99. The normalized spacial score (nSPS) is 10.8. The number of fused-ring (bicyclic) bond motifs is 1. The average molecular weight is 250 g/mol. The summed E-state index contributed by atoms with van der Waals surface area (Å²) in [6.45, 7) is 3.86. The van der Waals surface area contributed by atoms with Crippen LogP contribution in [0.3, 0.4) is 0 Å². The van der Waals surface area contributed by atoms with Gasteiger partial charge in [-0.3, -0.25) is 9.78 Å². The van der Waals surface area contributed by atoms with Crippen molar-refractivity contribution in [1.82, 2.24) is 4.98 Å². The van der Waals surface area contributed by atoms with Crippen molar-refractivity contribution in [2.75, 3.05) is 0 Å². The number of carbonyl (C=O) groups is 1. The molecule has 0 atom stereocenters. The highest BCUT2D eigenvalue weighted by molar-refractivity contribution is 6.31. The third-order valence-electron chi connectivity index (χ3n) is 2.63. The molecule has 0 unspecified atom stereocenters. The molecule has 1 N–H and O–H groups in total. The Balaban J connectivity index is 2.77. The van der Waals surface area contributed by atoms with Crippen LogP contribution in [0.1, 0.15) is 16.8 Å². The van der Waals surface area contributed by atoms with Crippen molar-refractivity contribution in [1.29, 1.82) is 0 Å². The van der Waals surface area contributed by atoms with Crippen molar-refractivity contribution in [3.63, 3.8) is 0 Å². The third-order valence-corrected chi connectivity index (χ3v) is 2.85. The van der Waals surface area contributed by atoms with Gasteiger partial charge in [-0.1, -0.05) is 11.6 Å². The molecular formula is C13H12ClNO2. The van der Waals surface area contributed by atoms with Crippen molar-refractivity contribution in [3.8, 4) is 0 Å². The van der Waals surface area contributed by atoms with E-state index in [0.29, 0.717) is 10.6 Å². The topological polar surface area (TPSA) is 50.2 Å². The second-order valence-corrected chi connectivity index (χ2v) is 4.55. The summed E-state index contributed by atoms with van der Waals surface area (Å²) < 4.78 is 0. The highest BCUT2D eigenvalue weighted by Crippen LogP contribution is 2.26. The molecular weight excluding hydrogens is 238 g/mol. The van der Waals surface area contributed by atoms with Crippen LogP contribution in [0.15, 0.2) is 18.2 Å². The second-order valence-electron chi connectivity index (χ2n) is 4.11. The van der Waals surface area contributed by atoms with Gasteiger partial charge in [0.15, 0.2) is 0 Å². The highest BCUT2D eigenvalue weighted by Gasteiger charge is 2.10. The van der Waals surface area contributed by atoms with Crippen LogP contribution in [0.4, 0.5) is 0 Å². The number of carboxylic acid groups (broad SMARTS) is 1. The van der Waals surface area contributed by atoms with Crippen LogP contribution >= 0.6 is 11.6 Å². The first kappa shape index (κ1) is 11.9. The molecule has 1 aromatic heterocycles. The van der Waals surface area contributed by atoms with E-state index in [2.05, 4.69) is 4.98 Å². The summed E-state index contributed by atoms with van der Waals surface area (Å²) in [6.07, 6.45) is -0.0625. The lowest BCUT2D eigenvalue weighted by molar-refractivity contribution is -0.136. The van der Waals surface area contributed by atoms with Gasteiger partial charge in [-0.15, -0.1) is 0 Å².